The lowest BCUT2D eigenvalue weighted by Crippen LogP contribution is -2.41. The summed E-state index contributed by atoms with van der Waals surface area (Å²) in [4.78, 5) is 28.0. The van der Waals surface area contributed by atoms with Crippen LogP contribution in [0.5, 0.6) is 5.75 Å². The van der Waals surface area contributed by atoms with Gasteiger partial charge in [0.1, 0.15) is 11.6 Å². The van der Waals surface area contributed by atoms with Crippen LogP contribution in [0, 0.1) is 17.2 Å². The first-order valence-corrected chi connectivity index (χ1v) is 9.61. The molecule has 6 heteroatoms. The Hall–Kier alpha value is -2.92. The largest absolute Gasteiger partial charge is 0.508 e. The highest BCUT2D eigenvalue weighted by molar-refractivity contribution is 6.31. The lowest BCUT2D eigenvalue weighted by Gasteiger charge is -2.40. The highest BCUT2D eigenvalue weighted by Gasteiger charge is 2.62. The molecule has 2 aromatic rings. The van der Waals surface area contributed by atoms with Gasteiger partial charge in [0.25, 0.3) is 0 Å². The van der Waals surface area contributed by atoms with Gasteiger partial charge in [-0.05, 0) is 54.8 Å². The minimum absolute atomic E-state index is 0.0792. The second kappa shape index (κ2) is 6.85. The molecule has 0 aromatic heterocycles. The molecule has 1 heterocycles. The van der Waals surface area contributed by atoms with E-state index >= 15 is 0 Å². The summed E-state index contributed by atoms with van der Waals surface area (Å²) in [6.07, 6.45) is 4.00. The third kappa shape index (κ3) is 2.80. The van der Waals surface area contributed by atoms with Gasteiger partial charge in [-0.2, -0.15) is 0 Å². The fourth-order valence-corrected chi connectivity index (χ4v) is 4.78. The van der Waals surface area contributed by atoms with E-state index in [0.29, 0.717) is 6.42 Å². The fraction of sp³-hybridized carbons (Fsp3) is 0.217. The van der Waals surface area contributed by atoms with Crippen LogP contribution in [0.3, 0.4) is 0 Å². The molecule has 1 N–H and O–H groups in total. The minimum Gasteiger partial charge on any atom is -0.508 e. The van der Waals surface area contributed by atoms with Crippen molar-refractivity contribution in [2.24, 2.45) is 11.3 Å². The van der Waals surface area contributed by atoms with Crippen LogP contribution in [0.15, 0.2) is 66.8 Å². The molecule has 3 unspecified atom stereocenters. The highest BCUT2D eigenvalue weighted by atomic mass is 35.5. The Balaban J connectivity index is 1.87. The Morgan fingerprint density at radius 2 is 2.03 bits per heavy atom. The zero-order valence-electron chi connectivity index (χ0n) is 15.7. The average Bonchev–Trinajstić information content (AvgIpc) is 2.89. The van der Waals surface area contributed by atoms with Crippen LogP contribution in [-0.4, -0.2) is 16.9 Å². The van der Waals surface area contributed by atoms with Gasteiger partial charge in [0.15, 0.2) is 0 Å². The number of phenolic OH excluding ortho intramolecular Hbond substituents is 1. The minimum atomic E-state index is -1.08. The lowest BCUT2D eigenvalue weighted by molar-refractivity contribution is -0.127. The second-order valence-corrected chi connectivity index (χ2v) is 7.99. The SMILES string of the molecule is C=CC1=CCC2C(=O)N(c3ccc(F)c(Cl)c3)C(=O)C2(C)C1c1cccc(O)c1. The summed E-state index contributed by atoms with van der Waals surface area (Å²) < 4.78 is 13.6. The van der Waals surface area contributed by atoms with Crippen molar-refractivity contribution in [3.63, 3.8) is 0 Å². The molecule has 1 aliphatic carbocycles. The number of anilines is 1. The van der Waals surface area contributed by atoms with Gasteiger partial charge >= 0.3 is 0 Å². The van der Waals surface area contributed by atoms with E-state index in [2.05, 4.69) is 6.58 Å². The van der Waals surface area contributed by atoms with Crippen LogP contribution in [0.1, 0.15) is 24.8 Å². The quantitative estimate of drug-likeness (QED) is 0.724. The molecule has 4 nitrogen and oxygen atoms in total. The van der Waals surface area contributed by atoms with Crippen molar-refractivity contribution >= 4 is 29.1 Å². The number of carbonyl (C=O) groups excluding carboxylic acids is 2. The summed E-state index contributed by atoms with van der Waals surface area (Å²) >= 11 is 5.89. The first kappa shape index (κ1) is 19.4. The van der Waals surface area contributed by atoms with Gasteiger partial charge in [-0.1, -0.05) is 42.5 Å². The van der Waals surface area contributed by atoms with Crippen LogP contribution >= 0.6 is 11.6 Å². The lowest BCUT2D eigenvalue weighted by atomic mass is 9.60. The van der Waals surface area contributed by atoms with Gasteiger partial charge in [-0.15, -0.1) is 0 Å². The average molecular weight is 412 g/mol. The summed E-state index contributed by atoms with van der Waals surface area (Å²) in [5, 5.41) is 9.82. The summed E-state index contributed by atoms with van der Waals surface area (Å²) in [7, 11) is 0. The molecule has 4 rings (SSSR count). The molecular formula is C23H19ClFNO3. The number of allylic oxidation sites excluding steroid dienone is 3. The van der Waals surface area contributed by atoms with Gasteiger partial charge in [0, 0.05) is 5.92 Å². The first-order valence-electron chi connectivity index (χ1n) is 9.24. The smallest absolute Gasteiger partial charge is 0.241 e. The van der Waals surface area contributed by atoms with E-state index in [1.807, 2.05) is 12.1 Å². The summed E-state index contributed by atoms with van der Waals surface area (Å²) in [6, 6.07) is 10.5. The Morgan fingerprint density at radius 3 is 2.69 bits per heavy atom. The van der Waals surface area contributed by atoms with Crippen molar-refractivity contribution in [1.82, 2.24) is 0 Å². The van der Waals surface area contributed by atoms with Crippen molar-refractivity contribution in [3.8, 4) is 5.75 Å². The zero-order chi connectivity index (χ0) is 20.9. The third-order valence-corrected chi connectivity index (χ3v) is 6.32. The normalized spacial score (nSPS) is 26.3. The van der Waals surface area contributed by atoms with Crippen molar-refractivity contribution in [2.45, 2.75) is 19.3 Å². The number of phenols is 1. The summed E-state index contributed by atoms with van der Waals surface area (Å²) in [6.45, 7) is 5.64. The number of halogens is 2. The van der Waals surface area contributed by atoms with E-state index in [-0.39, 0.29) is 28.3 Å². The number of amides is 2. The van der Waals surface area contributed by atoms with E-state index in [1.165, 1.54) is 12.1 Å². The van der Waals surface area contributed by atoms with Gasteiger partial charge in [0.2, 0.25) is 11.8 Å². The molecule has 2 aliphatic rings. The van der Waals surface area contributed by atoms with Gasteiger partial charge in [-0.3, -0.25) is 9.59 Å². The van der Waals surface area contributed by atoms with Gasteiger partial charge in [-0.25, -0.2) is 9.29 Å². The van der Waals surface area contributed by atoms with E-state index in [0.717, 1.165) is 22.1 Å². The number of aromatic hydroxyl groups is 1. The second-order valence-electron chi connectivity index (χ2n) is 7.58. The molecule has 3 atom stereocenters. The van der Waals surface area contributed by atoms with Crippen LogP contribution in [0.2, 0.25) is 5.02 Å². The number of carbonyl (C=O) groups is 2. The molecule has 1 saturated heterocycles. The van der Waals surface area contributed by atoms with E-state index < -0.39 is 23.1 Å². The number of rotatable bonds is 3. The number of fused-ring (bicyclic) bond motifs is 1. The fourth-order valence-electron chi connectivity index (χ4n) is 4.60. The molecule has 0 bridgehead atoms. The molecular weight excluding hydrogens is 393 g/mol. The molecule has 0 radical (unpaired) electrons. The third-order valence-electron chi connectivity index (χ3n) is 6.03. The number of hydrogen-bond acceptors (Lipinski definition) is 3. The van der Waals surface area contributed by atoms with Crippen LogP contribution < -0.4 is 4.90 Å². The van der Waals surface area contributed by atoms with Crippen molar-refractivity contribution in [2.75, 3.05) is 4.90 Å². The predicted molar refractivity (Wildman–Crippen MR) is 109 cm³/mol. The maximum Gasteiger partial charge on any atom is 0.241 e. The van der Waals surface area contributed by atoms with E-state index in [1.54, 1.807) is 31.2 Å². The van der Waals surface area contributed by atoms with Crippen molar-refractivity contribution in [3.05, 3.63) is 83.2 Å². The van der Waals surface area contributed by atoms with Crippen molar-refractivity contribution in [1.29, 1.82) is 0 Å². The monoisotopic (exact) mass is 411 g/mol. The van der Waals surface area contributed by atoms with Crippen molar-refractivity contribution < 1.29 is 19.1 Å². The van der Waals surface area contributed by atoms with Gasteiger partial charge < -0.3 is 5.11 Å². The molecule has 2 amide bonds. The highest BCUT2D eigenvalue weighted by Crippen LogP contribution is 2.56. The van der Waals surface area contributed by atoms with Crippen LogP contribution in [0.4, 0.5) is 10.1 Å². The molecule has 1 aliphatic heterocycles. The molecule has 0 spiro atoms. The Labute approximate surface area is 172 Å². The van der Waals surface area contributed by atoms with Crippen LogP contribution in [-0.2, 0) is 9.59 Å². The van der Waals surface area contributed by atoms with E-state index in [4.69, 9.17) is 11.6 Å². The summed E-state index contributed by atoms with van der Waals surface area (Å²) in [5.41, 5.74) is 0.721. The predicted octanol–water partition coefficient (Wildman–Crippen LogP) is 4.98. The Bertz CT molecular complexity index is 1080. The maximum atomic E-state index is 13.6. The van der Waals surface area contributed by atoms with Gasteiger partial charge in [0.05, 0.1) is 22.0 Å². The number of benzene rings is 2. The first-order chi connectivity index (χ1) is 13.8. The van der Waals surface area contributed by atoms with Crippen LogP contribution in [0.25, 0.3) is 0 Å². The maximum absolute atomic E-state index is 13.6. The molecule has 148 valence electrons. The Kier molecular flexibility index (Phi) is 4.58. The molecule has 0 saturated carbocycles. The number of imide groups is 1. The molecule has 29 heavy (non-hydrogen) atoms. The number of hydrogen-bond donors (Lipinski definition) is 1. The zero-order valence-corrected chi connectivity index (χ0v) is 16.5. The molecule has 1 fully saturated rings. The van der Waals surface area contributed by atoms with E-state index in [9.17, 15) is 19.1 Å². The number of nitrogens with zero attached hydrogens (tertiary/aromatic N) is 1. The molecule has 2 aromatic carbocycles. The Morgan fingerprint density at radius 1 is 1.28 bits per heavy atom. The standard InChI is InChI=1S/C23H19ClFNO3/c1-3-13-7-9-17-21(28)26(15-8-10-19(25)18(24)12-15)22(29)23(17,2)20(13)14-5-4-6-16(27)11-14/h3-8,10-12,17,20,27H,1,9H2,2H3. The summed E-state index contributed by atoms with van der Waals surface area (Å²) in [5.74, 6) is -2.30. The topological polar surface area (TPSA) is 57.6 Å².